The fourth-order valence-electron chi connectivity index (χ4n) is 1.24. The zero-order valence-corrected chi connectivity index (χ0v) is 13.0. The van der Waals surface area contributed by atoms with Crippen molar-refractivity contribution >= 4 is 20.3 Å². The van der Waals surface area contributed by atoms with Gasteiger partial charge in [-0.25, -0.2) is 8.42 Å². The van der Waals surface area contributed by atoms with Crippen molar-refractivity contribution in [3.8, 4) is 0 Å². The third-order valence-corrected chi connectivity index (χ3v) is 5.17. The van der Waals surface area contributed by atoms with Gasteiger partial charge >= 0.3 is 25.8 Å². The number of halogens is 3. The van der Waals surface area contributed by atoms with E-state index in [1.807, 2.05) is 0 Å². The molecule has 132 valence electrons. The molecule has 8 nitrogen and oxygen atoms in total. The normalized spacial score (nSPS) is 19.3. The van der Waals surface area contributed by atoms with Crippen LogP contribution in [0.2, 0.25) is 0 Å². The van der Waals surface area contributed by atoms with Gasteiger partial charge in [0, 0.05) is 6.61 Å². The maximum absolute atomic E-state index is 12.0. The van der Waals surface area contributed by atoms with Crippen molar-refractivity contribution < 1.29 is 43.7 Å². The van der Waals surface area contributed by atoms with E-state index in [0.29, 0.717) is 36.8 Å². The summed E-state index contributed by atoms with van der Waals surface area (Å²) in [6, 6.07) is 0. The largest absolute Gasteiger partial charge is 0.512 e. The number of hydrogen-bond donors (Lipinski definition) is 1. The predicted octanol–water partition coefficient (Wildman–Crippen LogP) is 0.273. The first-order chi connectivity index (χ1) is 10.0. The van der Waals surface area contributed by atoms with E-state index in [4.69, 9.17) is 9.47 Å². The summed E-state index contributed by atoms with van der Waals surface area (Å²) < 4.78 is 94.0. The lowest BCUT2D eigenvalue weighted by Crippen LogP contribution is -2.41. The molecule has 1 fully saturated rings. The van der Waals surface area contributed by atoms with Gasteiger partial charge in [-0.1, -0.05) is 4.13 Å². The van der Waals surface area contributed by atoms with Gasteiger partial charge in [0.2, 0.25) is 0 Å². The standard InChI is InChI=1S/C9H16F3NO7S2/c10-9(11,12)21(14,15)13-22(16,17)20-5-3-1-2-4-18-6-8-7-19-8/h8,13H,1-7H2. The molecule has 13 heteroatoms. The molecule has 1 rings (SSSR count). The van der Waals surface area contributed by atoms with Crippen molar-refractivity contribution in [1.82, 2.24) is 4.13 Å². The third kappa shape index (κ3) is 7.69. The average molecular weight is 371 g/mol. The van der Waals surface area contributed by atoms with Gasteiger partial charge in [-0.3, -0.25) is 4.18 Å². The Bertz CT molecular complexity index is 542. The second-order valence-electron chi connectivity index (χ2n) is 4.40. The van der Waals surface area contributed by atoms with Gasteiger partial charge in [0.05, 0.1) is 19.8 Å². The molecule has 22 heavy (non-hydrogen) atoms. The molecule has 0 saturated carbocycles. The average Bonchev–Trinajstić information content (AvgIpc) is 3.13. The Labute approximate surface area is 126 Å². The Morgan fingerprint density at radius 3 is 2.23 bits per heavy atom. The maximum Gasteiger partial charge on any atom is 0.512 e. The Morgan fingerprint density at radius 2 is 1.68 bits per heavy atom. The van der Waals surface area contributed by atoms with Crippen LogP contribution >= 0.6 is 0 Å². The highest BCUT2D eigenvalue weighted by Crippen LogP contribution is 2.22. The molecular formula is C9H16F3NO7S2. The lowest BCUT2D eigenvalue weighted by atomic mass is 10.2. The van der Waals surface area contributed by atoms with Crippen LogP contribution in [0.25, 0.3) is 0 Å². The van der Waals surface area contributed by atoms with Crippen LogP contribution in [0.4, 0.5) is 13.2 Å². The SMILES string of the molecule is O=S(=O)(NS(=O)(=O)C(F)(F)F)OCCCCCOCC1CO1. The maximum atomic E-state index is 12.0. The molecule has 0 aromatic rings. The van der Waals surface area contributed by atoms with Gasteiger partial charge in [-0.15, -0.1) is 0 Å². The summed E-state index contributed by atoms with van der Waals surface area (Å²) in [5, 5.41) is 0. The van der Waals surface area contributed by atoms with E-state index < -0.39 is 32.4 Å². The summed E-state index contributed by atoms with van der Waals surface area (Å²) in [4.78, 5) is 0. The van der Waals surface area contributed by atoms with E-state index in [-0.39, 0.29) is 12.5 Å². The van der Waals surface area contributed by atoms with E-state index in [2.05, 4.69) is 4.18 Å². The summed E-state index contributed by atoms with van der Waals surface area (Å²) in [5.41, 5.74) is -5.73. The summed E-state index contributed by atoms with van der Waals surface area (Å²) in [7, 11) is -11.0. The van der Waals surface area contributed by atoms with Crippen LogP contribution in [0.5, 0.6) is 0 Å². The van der Waals surface area contributed by atoms with E-state index in [9.17, 15) is 30.0 Å². The number of ether oxygens (including phenoxy) is 2. The summed E-state index contributed by atoms with van der Waals surface area (Å²) >= 11 is 0. The van der Waals surface area contributed by atoms with Crippen LogP contribution in [-0.2, 0) is 34.0 Å². The van der Waals surface area contributed by atoms with E-state index >= 15 is 0 Å². The lowest BCUT2D eigenvalue weighted by Gasteiger charge is -2.10. The number of nitrogens with one attached hydrogen (secondary N) is 1. The minimum Gasteiger partial charge on any atom is -0.379 e. The summed E-state index contributed by atoms with van der Waals surface area (Å²) in [6.45, 7) is 1.17. The highest BCUT2D eigenvalue weighted by atomic mass is 32.3. The van der Waals surface area contributed by atoms with Crippen molar-refractivity contribution in [2.45, 2.75) is 30.9 Å². The van der Waals surface area contributed by atoms with Gasteiger partial charge in [0.25, 0.3) is 0 Å². The van der Waals surface area contributed by atoms with Gasteiger partial charge in [0.1, 0.15) is 6.10 Å². The van der Waals surface area contributed by atoms with Crippen LogP contribution in [0, 0.1) is 0 Å². The van der Waals surface area contributed by atoms with Crippen molar-refractivity contribution in [2.75, 3.05) is 26.4 Å². The van der Waals surface area contributed by atoms with Crippen molar-refractivity contribution in [3.05, 3.63) is 0 Å². The molecular weight excluding hydrogens is 355 g/mol. The molecule has 1 aliphatic rings. The van der Waals surface area contributed by atoms with Crippen LogP contribution in [0.3, 0.4) is 0 Å². The minimum absolute atomic E-state index is 0.148. The summed E-state index contributed by atoms with van der Waals surface area (Å²) in [6.07, 6.45) is 1.48. The minimum atomic E-state index is -6.01. The first-order valence-corrected chi connectivity index (χ1v) is 9.11. The van der Waals surface area contributed by atoms with Crippen molar-refractivity contribution in [2.24, 2.45) is 0 Å². The second kappa shape index (κ2) is 7.88. The monoisotopic (exact) mass is 371 g/mol. The number of unbranched alkanes of at least 4 members (excludes halogenated alkanes) is 2. The number of alkyl halides is 3. The molecule has 1 atom stereocenters. The fourth-order valence-corrected chi connectivity index (χ4v) is 3.22. The molecule has 0 bridgehead atoms. The zero-order chi connectivity index (χ0) is 16.9. The van der Waals surface area contributed by atoms with Gasteiger partial charge < -0.3 is 9.47 Å². The Kier molecular flexibility index (Phi) is 7.01. The number of hydrogen-bond acceptors (Lipinski definition) is 7. The zero-order valence-electron chi connectivity index (χ0n) is 11.3. The highest BCUT2D eigenvalue weighted by molar-refractivity contribution is 8.03. The lowest BCUT2D eigenvalue weighted by molar-refractivity contribution is -0.0442. The van der Waals surface area contributed by atoms with Gasteiger partial charge in [-0.05, 0) is 19.3 Å². The fraction of sp³-hybridized carbons (Fsp3) is 1.00. The molecule has 0 spiro atoms. The van der Waals surface area contributed by atoms with Crippen LogP contribution < -0.4 is 4.13 Å². The molecule has 0 aromatic carbocycles. The van der Waals surface area contributed by atoms with Gasteiger partial charge in [-0.2, -0.15) is 21.6 Å². The van der Waals surface area contributed by atoms with Gasteiger partial charge in [0.15, 0.2) is 0 Å². The molecule has 0 radical (unpaired) electrons. The van der Waals surface area contributed by atoms with E-state index in [1.165, 1.54) is 0 Å². The van der Waals surface area contributed by atoms with E-state index in [1.54, 1.807) is 0 Å². The first kappa shape index (κ1) is 19.6. The van der Waals surface area contributed by atoms with Crippen molar-refractivity contribution in [1.29, 1.82) is 0 Å². The highest BCUT2D eigenvalue weighted by Gasteiger charge is 2.48. The smallest absolute Gasteiger partial charge is 0.379 e. The molecule has 1 unspecified atom stereocenters. The number of rotatable bonds is 11. The molecule has 1 saturated heterocycles. The Balaban J connectivity index is 2.14. The first-order valence-electron chi connectivity index (χ1n) is 6.22. The third-order valence-electron chi connectivity index (χ3n) is 2.39. The Hall–Kier alpha value is -0.470. The molecule has 1 N–H and O–H groups in total. The van der Waals surface area contributed by atoms with Crippen molar-refractivity contribution in [3.63, 3.8) is 0 Å². The molecule has 0 aliphatic carbocycles. The Morgan fingerprint density at radius 1 is 1.09 bits per heavy atom. The summed E-state index contributed by atoms with van der Waals surface area (Å²) in [5.74, 6) is 0. The molecule has 0 aromatic heterocycles. The molecule has 1 aliphatic heterocycles. The van der Waals surface area contributed by atoms with E-state index in [0.717, 1.165) is 0 Å². The predicted molar refractivity (Wildman–Crippen MR) is 67.4 cm³/mol. The topological polar surface area (TPSA) is 111 Å². The number of sulfonamides is 1. The number of epoxide rings is 1. The molecule has 1 heterocycles. The quantitative estimate of drug-likeness (QED) is 0.410. The molecule has 0 amide bonds. The van der Waals surface area contributed by atoms with Crippen LogP contribution in [-0.4, -0.2) is 54.9 Å². The van der Waals surface area contributed by atoms with Crippen LogP contribution in [0.15, 0.2) is 0 Å². The van der Waals surface area contributed by atoms with Crippen LogP contribution in [0.1, 0.15) is 19.3 Å². The second-order valence-corrected chi connectivity index (χ2v) is 7.68.